The molecule has 112 valence electrons. The molecule has 2 aliphatic rings. The number of aliphatic hydroxyl groups is 1. The van der Waals surface area contributed by atoms with Gasteiger partial charge >= 0.3 is 0 Å². The van der Waals surface area contributed by atoms with Gasteiger partial charge in [0, 0.05) is 39.3 Å². The number of hydrogen-bond donors (Lipinski definition) is 1. The average molecular weight is 268 g/mol. The molecule has 1 saturated heterocycles. The van der Waals surface area contributed by atoms with Gasteiger partial charge < -0.3 is 14.9 Å². The van der Waals surface area contributed by atoms with Gasteiger partial charge in [-0.2, -0.15) is 0 Å². The molecular formula is C16H32N2O. The van der Waals surface area contributed by atoms with Gasteiger partial charge in [-0.3, -0.25) is 0 Å². The number of hydrogen-bond acceptors (Lipinski definition) is 3. The first-order chi connectivity index (χ1) is 9.38. The van der Waals surface area contributed by atoms with E-state index in [9.17, 15) is 0 Å². The van der Waals surface area contributed by atoms with Gasteiger partial charge in [-0.1, -0.05) is 19.3 Å². The summed E-state index contributed by atoms with van der Waals surface area (Å²) in [5.41, 5.74) is 0. The molecule has 0 aromatic rings. The molecule has 3 heteroatoms. The molecule has 0 bridgehead atoms. The van der Waals surface area contributed by atoms with Crippen LogP contribution in [-0.4, -0.2) is 60.8 Å². The van der Waals surface area contributed by atoms with Crippen molar-refractivity contribution < 1.29 is 5.11 Å². The Hall–Kier alpha value is -0.120. The highest BCUT2D eigenvalue weighted by molar-refractivity contribution is 4.76. The number of nitrogens with zero attached hydrogens (tertiary/aromatic N) is 2. The summed E-state index contributed by atoms with van der Waals surface area (Å²) in [7, 11) is 0. The molecule has 2 rings (SSSR count). The van der Waals surface area contributed by atoms with E-state index >= 15 is 0 Å². The Balaban J connectivity index is 1.54. The molecular weight excluding hydrogens is 236 g/mol. The zero-order chi connectivity index (χ0) is 13.3. The van der Waals surface area contributed by atoms with E-state index in [4.69, 9.17) is 5.11 Å². The Bertz CT molecular complexity index is 221. The number of rotatable bonds is 7. The van der Waals surface area contributed by atoms with Crippen LogP contribution < -0.4 is 0 Å². The van der Waals surface area contributed by atoms with E-state index in [1.165, 1.54) is 84.2 Å². The van der Waals surface area contributed by atoms with E-state index in [-0.39, 0.29) is 0 Å². The summed E-state index contributed by atoms with van der Waals surface area (Å²) in [6, 6.07) is 0. The third kappa shape index (κ3) is 5.80. The first-order valence-electron chi connectivity index (χ1n) is 8.44. The minimum absolute atomic E-state index is 0.356. The van der Waals surface area contributed by atoms with Gasteiger partial charge in [-0.05, 0) is 44.6 Å². The third-order valence-electron chi connectivity index (χ3n) is 4.84. The van der Waals surface area contributed by atoms with Crippen LogP contribution in [0.5, 0.6) is 0 Å². The summed E-state index contributed by atoms with van der Waals surface area (Å²) < 4.78 is 0. The van der Waals surface area contributed by atoms with Crippen LogP contribution in [-0.2, 0) is 0 Å². The molecule has 1 heterocycles. The quantitative estimate of drug-likeness (QED) is 0.718. The van der Waals surface area contributed by atoms with Crippen molar-refractivity contribution in [2.24, 2.45) is 5.92 Å². The highest BCUT2D eigenvalue weighted by Gasteiger charge is 2.21. The molecule has 0 radical (unpaired) electrons. The van der Waals surface area contributed by atoms with E-state index < -0.39 is 0 Å². The smallest absolute Gasteiger partial charge is 0.0431 e. The number of piperazine rings is 1. The fourth-order valence-corrected chi connectivity index (χ4v) is 3.55. The lowest BCUT2D eigenvalue weighted by molar-refractivity contribution is 0.108. The molecule has 1 saturated carbocycles. The Morgan fingerprint density at radius 1 is 0.789 bits per heavy atom. The van der Waals surface area contributed by atoms with Gasteiger partial charge in [0.25, 0.3) is 0 Å². The Morgan fingerprint density at radius 2 is 1.47 bits per heavy atom. The van der Waals surface area contributed by atoms with Crippen LogP contribution in [0, 0.1) is 5.92 Å². The summed E-state index contributed by atoms with van der Waals surface area (Å²) in [6.45, 7) is 8.01. The Kier molecular flexibility index (Phi) is 7.18. The fraction of sp³-hybridized carbons (Fsp3) is 1.00. The van der Waals surface area contributed by atoms with Gasteiger partial charge in [0.1, 0.15) is 0 Å². The lowest BCUT2D eigenvalue weighted by Crippen LogP contribution is -2.48. The maximum absolute atomic E-state index is 8.77. The summed E-state index contributed by atoms with van der Waals surface area (Å²) in [5.74, 6) is 0.991. The molecule has 0 amide bonds. The highest BCUT2D eigenvalue weighted by atomic mass is 16.2. The molecule has 2 fully saturated rings. The maximum Gasteiger partial charge on any atom is 0.0431 e. The first kappa shape index (κ1) is 15.3. The largest absolute Gasteiger partial charge is 0.396 e. The standard InChI is InChI=1S/C16H32N2O/c19-14-6-2-5-9-17-10-12-18(13-11-17)15-16-7-3-1-4-8-16/h16,19H,1-15H2. The summed E-state index contributed by atoms with van der Waals surface area (Å²) in [6.07, 6.45) is 10.8. The van der Waals surface area contributed by atoms with E-state index in [1.807, 2.05) is 0 Å². The van der Waals surface area contributed by atoms with E-state index in [0.717, 1.165) is 12.3 Å². The third-order valence-corrected chi connectivity index (χ3v) is 4.84. The van der Waals surface area contributed by atoms with Crippen LogP contribution in [0.3, 0.4) is 0 Å². The van der Waals surface area contributed by atoms with Gasteiger partial charge in [-0.25, -0.2) is 0 Å². The van der Waals surface area contributed by atoms with Gasteiger partial charge in [0.2, 0.25) is 0 Å². The van der Waals surface area contributed by atoms with Crippen molar-refractivity contribution in [1.29, 1.82) is 0 Å². The van der Waals surface area contributed by atoms with Crippen molar-refractivity contribution in [3.63, 3.8) is 0 Å². The fourth-order valence-electron chi connectivity index (χ4n) is 3.55. The van der Waals surface area contributed by atoms with Crippen molar-refractivity contribution in [3.8, 4) is 0 Å². The SMILES string of the molecule is OCCCCCN1CCN(CC2CCCCC2)CC1. The Morgan fingerprint density at radius 3 is 2.16 bits per heavy atom. The van der Waals surface area contributed by atoms with Crippen molar-refractivity contribution in [2.75, 3.05) is 45.9 Å². The van der Waals surface area contributed by atoms with Crippen molar-refractivity contribution in [1.82, 2.24) is 9.80 Å². The van der Waals surface area contributed by atoms with Crippen LogP contribution >= 0.6 is 0 Å². The van der Waals surface area contributed by atoms with Gasteiger partial charge in [0.15, 0.2) is 0 Å². The number of unbranched alkanes of at least 4 members (excludes halogenated alkanes) is 2. The van der Waals surface area contributed by atoms with Crippen LogP contribution in [0.4, 0.5) is 0 Å². The monoisotopic (exact) mass is 268 g/mol. The molecule has 1 aliphatic carbocycles. The highest BCUT2D eigenvalue weighted by Crippen LogP contribution is 2.24. The predicted molar refractivity (Wildman–Crippen MR) is 80.4 cm³/mol. The zero-order valence-electron chi connectivity index (χ0n) is 12.5. The van der Waals surface area contributed by atoms with Crippen molar-refractivity contribution in [3.05, 3.63) is 0 Å². The minimum Gasteiger partial charge on any atom is -0.396 e. The topological polar surface area (TPSA) is 26.7 Å². The van der Waals surface area contributed by atoms with E-state index in [0.29, 0.717) is 6.61 Å². The molecule has 19 heavy (non-hydrogen) atoms. The van der Waals surface area contributed by atoms with Gasteiger partial charge in [0.05, 0.1) is 0 Å². The Labute approximate surface area is 119 Å². The molecule has 0 aromatic carbocycles. The lowest BCUT2D eigenvalue weighted by atomic mass is 9.89. The zero-order valence-corrected chi connectivity index (χ0v) is 12.5. The molecule has 3 nitrogen and oxygen atoms in total. The molecule has 0 aromatic heterocycles. The second-order valence-corrected chi connectivity index (χ2v) is 6.43. The maximum atomic E-state index is 8.77. The molecule has 0 spiro atoms. The minimum atomic E-state index is 0.356. The normalized spacial score (nSPS) is 23.8. The summed E-state index contributed by atoms with van der Waals surface area (Å²) in [5, 5.41) is 8.77. The van der Waals surface area contributed by atoms with Crippen LogP contribution in [0.25, 0.3) is 0 Å². The molecule has 0 unspecified atom stereocenters. The predicted octanol–water partition coefficient (Wildman–Crippen LogP) is 2.35. The first-order valence-corrected chi connectivity index (χ1v) is 8.44. The molecule has 1 N–H and O–H groups in total. The second kappa shape index (κ2) is 8.93. The van der Waals surface area contributed by atoms with E-state index in [2.05, 4.69) is 9.80 Å². The van der Waals surface area contributed by atoms with Crippen LogP contribution in [0.15, 0.2) is 0 Å². The number of aliphatic hydroxyl groups excluding tert-OH is 1. The van der Waals surface area contributed by atoms with Crippen LogP contribution in [0.1, 0.15) is 51.4 Å². The van der Waals surface area contributed by atoms with Gasteiger partial charge in [-0.15, -0.1) is 0 Å². The summed E-state index contributed by atoms with van der Waals surface area (Å²) in [4.78, 5) is 5.30. The van der Waals surface area contributed by atoms with E-state index in [1.54, 1.807) is 0 Å². The van der Waals surface area contributed by atoms with Crippen molar-refractivity contribution >= 4 is 0 Å². The molecule has 1 aliphatic heterocycles. The summed E-state index contributed by atoms with van der Waals surface area (Å²) >= 11 is 0. The lowest BCUT2D eigenvalue weighted by Gasteiger charge is -2.37. The second-order valence-electron chi connectivity index (χ2n) is 6.43. The average Bonchev–Trinajstić information content (AvgIpc) is 2.46. The van der Waals surface area contributed by atoms with Crippen molar-refractivity contribution in [2.45, 2.75) is 51.4 Å². The molecule has 0 atom stereocenters. The van der Waals surface area contributed by atoms with Crippen LogP contribution in [0.2, 0.25) is 0 Å².